The number of H-pyrrole nitrogens is 1. The molecule has 0 atom stereocenters. The minimum absolute atomic E-state index is 0.461. The number of nitrogens with one attached hydrogen (secondary N) is 2. The molecule has 2 aromatic heterocycles. The van der Waals surface area contributed by atoms with Gasteiger partial charge in [0.2, 0.25) is 0 Å². The highest BCUT2D eigenvalue weighted by Gasteiger charge is 2.06. The average molecular weight is 310 g/mol. The largest absolute Gasteiger partial charge is 0.417 e. The third-order valence-corrected chi connectivity index (χ3v) is 4.20. The molecule has 1 aromatic carbocycles. The fraction of sp³-hybridized carbons (Fsp3) is 0.154. The second-order valence-corrected chi connectivity index (χ2v) is 6.13. The highest BCUT2D eigenvalue weighted by Crippen LogP contribution is 2.25. The number of thiophene rings is 1. The van der Waals surface area contributed by atoms with E-state index in [2.05, 4.69) is 10.3 Å². The number of rotatable bonds is 4. The summed E-state index contributed by atoms with van der Waals surface area (Å²) < 4.78 is 5.74. The molecule has 0 aliphatic rings. The minimum Gasteiger partial charge on any atom is -0.408 e. The van der Waals surface area contributed by atoms with Gasteiger partial charge in [-0.1, -0.05) is 11.6 Å². The summed E-state index contributed by atoms with van der Waals surface area (Å²) in [6.07, 6.45) is 0.858. The maximum atomic E-state index is 11.1. The third-order valence-electron chi connectivity index (χ3n) is 2.91. The lowest BCUT2D eigenvalue weighted by Gasteiger charge is -2.08. The van der Waals surface area contributed by atoms with Crippen molar-refractivity contribution in [2.75, 3.05) is 17.6 Å². The summed E-state index contributed by atoms with van der Waals surface area (Å²) in [6, 6.07) is 7.31. The second-order valence-electron chi connectivity index (χ2n) is 4.33. The van der Waals surface area contributed by atoms with Crippen LogP contribution in [0, 0.1) is 0 Å². The van der Waals surface area contributed by atoms with E-state index in [1.54, 1.807) is 23.5 Å². The van der Waals surface area contributed by atoms with E-state index >= 15 is 0 Å². The number of fused-ring (bicyclic) bond motifs is 1. The molecule has 0 amide bonds. The standard InChI is InChI=1S/C13H12ClN3O2S/c14-12-2-1-7(20-12)3-4-16-9-6-10-11(5-8(9)15)19-13(18)17-10/h1-2,5-6,16H,3-4,15H2,(H,17,18). The van der Waals surface area contributed by atoms with Gasteiger partial charge in [0.15, 0.2) is 5.58 Å². The zero-order valence-corrected chi connectivity index (χ0v) is 12.0. The van der Waals surface area contributed by atoms with Crippen molar-refractivity contribution in [1.82, 2.24) is 4.98 Å². The van der Waals surface area contributed by atoms with Crippen LogP contribution in [0.25, 0.3) is 11.1 Å². The Bertz CT molecular complexity index is 805. The Labute approximate surface area is 123 Å². The van der Waals surface area contributed by atoms with Crippen LogP contribution in [0.2, 0.25) is 4.34 Å². The predicted molar refractivity (Wildman–Crippen MR) is 82.8 cm³/mol. The van der Waals surface area contributed by atoms with E-state index in [0.717, 1.165) is 23.0 Å². The Kier molecular flexibility index (Phi) is 3.42. The van der Waals surface area contributed by atoms with Gasteiger partial charge in [0, 0.05) is 17.5 Å². The van der Waals surface area contributed by atoms with Crippen LogP contribution in [-0.4, -0.2) is 11.5 Å². The van der Waals surface area contributed by atoms with Crippen LogP contribution in [-0.2, 0) is 6.42 Å². The number of hydrogen-bond donors (Lipinski definition) is 3. The molecule has 7 heteroatoms. The molecular formula is C13H12ClN3O2S. The molecule has 3 rings (SSSR count). The van der Waals surface area contributed by atoms with Gasteiger partial charge in [0.1, 0.15) is 0 Å². The Balaban J connectivity index is 1.73. The summed E-state index contributed by atoms with van der Waals surface area (Å²) in [6.45, 7) is 0.731. The first-order chi connectivity index (χ1) is 9.61. The molecule has 0 saturated heterocycles. The number of nitrogens with two attached hydrogens (primary N) is 1. The molecule has 20 heavy (non-hydrogen) atoms. The van der Waals surface area contributed by atoms with Crippen molar-refractivity contribution in [2.45, 2.75) is 6.42 Å². The molecule has 0 radical (unpaired) electrons. The first-order valence-electron chi connectivity index (χ1n) is 6.02. The molecule has 5 nitrogen and oxygen atoms in total. The quantitative estimate of drug-likeness (QED) is 0.647. The smallest absolute Gasteiger partial charge is 0.408 e. The number of benzene rings is 1. The summed E-state index contributed by atoms with van der Waals surface area (Å²) in [4.78, 5) is 14.9. The van der Waals surface area contributed by atoms with E-state index in [-0.39, 0.29) is 0 Å². The van der Waals surface area contributed by atoms with Gasteiger partial charge in [-0.05, 0) is 24.6 Å². The topological polar surface area (TPSA) is 84.0 Å². The zero-order chi connectivity index (χ0) is 14.1. The fourth-order valence-electron chi connectivity index (χ4n) is 1.97. The van der Waals surface area contributed by atoms with Crippen molar-refractivity contribution in [3.63, 3.8) is 0 Å². The number of halogens is 1. The summed E-state index contributed by atoms with van der Waals surface area (Å²) in [5.41, 5.74) is 8.34. The van der Waals surface area contributed by atoms with E-state index in [1.165, 1.54) is 4.88 Å². The van der Waals surface area contributed by atoms with E-state index in [4.69, 9.17) is 21.8 Å². The van der Waals surface area contributed by atoms with Gasteiger partial charge in [-0.25, -0.2) is 4.79 Å². The zero-order valence-electron chi connectivity index (χ0n) is 10.4. The summed E-state index contributed by atoms with van der Waals surface area (Å²) >= 11 is 7.45. The molecule has 104 valence electrons. The fourth-order valence-corrected chi connectivity index (χ4v) is 3.06. The van der Waals surface area contributed by atoms with Crippen LogP contribution in [0.4, 0.5) is 11.4 Å². The van der Waals surface area contributed by atoms with Gasteiger partial charge < -0.3 is 15.5 Å². The van der Waals surface area contributed by atoms with Crippen molar-refractivity contribution in [1.29, 1.82) is 0 Å². The van der Waals surface area contributed by atoms with Gasteiger partial charge in [0.25, 0.3) is 0 Å². The number of hydrogen-bond acceptors (Lipinski definition) is 5. The number of aromatic amines is 1. The van der Waals surface area contributed by atoms with Crippen LogP contribution < -0.4 is 16.8 Å². The van der Waals surface area contributed by atoms with Crippen LogP contribution in [0.15, 0.2) is 33.5 Å². The van der Waals surface area contributed by atoms with E-state index in [0.29, 0.717) is 16.8 Å². The molecule has 0 aliphatic heterocycles. The van der Waals surface area contributed by atoms with Crippen LogP contribution in [0.3, 0.4) is 0 Å². The minimum atomic E-state index is -0.482. The Morgan fingerprint density at radius 1 is 1.40 bits per heavy atom. The van der Waals surface area contributed by atoms with Crippen molar-refractivity contribution >= 4 is 45.4 Å². The lowest BCUT2D eigenvalue weighted by molar-refractivity contribution is 0.555. The maximum Gasteiger partial charge on any atom is 0.417 e. The van der Waals surface area contributed by atoms with Crippen LogP contribution in [0.5, 0.6) is 0 Å². The summed E-state index contributed by atoms with van der Waals surface area (Å²) in [7, 11) is 0. The maximum absolute atomic E-state index is 11.1. The number of anilines is 2. The molecule has 3 aromatic rings. The summed E-state index contributed by atoms with van der Waals surface area (Å²) in [5, 5.41) is 3.25. The van der Waals surface area contributed by atoms with Crippen molar-refractivity contribution in [3.8, 4) is 0 Å². The van der Waals surface area contributed by atoms with Gasteiger partial charge >= 0.3 is 5.76 Å². The highest BCUT2D eigenvalue weighted by molar-refractivity contribution is 7.16. The average Bonchev–Trinajstić information content (AvgIpc) is 2.95. The molecule has 0 unspecified atom stereocenters. The van der Waals surface area contributed by atoms with Crippen LogP contribution >= 0.6 is 22.9 Å². The Hall–Kier alpha value is -1.92. The van der Waals surface area contributed by atoms with Gasteiger partial charge in [-0.2, -0.15) is 0 Å². The van der Waals surface area contributed by atoms with E-state index in [9.17, 15) is 4.79 Å². The first-order valence-corrected chi connectivity index (χ1v) is 7.22. The molecule has 0 bridgehead atoms. The van der Waals surface area contributed by atoms with Crippen LogP contribution in [0.1, 0.15) is 4.88 Å². The van der Waals surface area contributed by atoms with Crippen molar-refractivity contribution in [2.24, 2.45) is 0 Å². The highest BCUT2D eigenvalue weighted by atomic mass is 35.5. The van der Waals surface area contributed by atoms with Crippen molar-refractivity contribution in [3.05, 3.63) is 44.0 Å². The second kappa shape index (κ2) is 5.22. The molecule has 0 spiro atoms. The lowest BCUT2D eigenvalue weighted by Crippen LogP contribution is -2.06. The normalized spacial score (nSPS) is 11.1. The van der Waals surface area contributed by atoms with Crippen molar-refractivity contribution < 1.29 is 4.42 Å². The Morgan fingerprint density at radius 2 is 2.25 bits per heavy atom. The molecule has 2 heterocycles. The molecule has 0 aliphatic carbocycles. The van der Waals surface area contributed by atoms with Gasteiger partial charge in [0.05, 0.1) is 21.2 Å². The monoisotopic (exact) mass is 309 g/mol. The van der Waals surface area contributed by atoms with Gasteiger partial charge in [-0.3, -0.25) is 4.98 Å². The Morgan fingerprint density at radius 3 is 3.00 bits per heavy atom. The predicted octanol–water partition coefficient (Wildman–Crippen LogP) is 3.07. The lowest BCUT2D eigenvalue weighted by atomic mass is 10.2. The first kappa shape index (κ1) is 13.1. The van der Waals surface area contributed by atoms with Gasteiger partial charge in [-0.15, -0.1) is 11.3 Å². The van der Waals surface area contributed by atoms with E-state index in [1.807, 2.05) is 12.1 Å². The third kappa shape index (κ3) is 2.66. The molecule has 4 N–H and O–H groups in total. The molecular weight excluding hydrogens is 298 g/mol. The molecule has 0 saturated carbocycles. The number of oxazole rings is 1. The number of aromatic nitrogens is 1. The molecule has 0 fully saturated rings. The number of nitrogen functional groups attached to an aromatic ring is 1. The summed E-state index contributed by atoms with van der Waals surface area (Å²) in [5.74, 6) is -0.482. The SMILES string of the molecule is Nc1cc2oc(=O)[nH]c2cc1NCCc1ccc(Cl)s1. The van der Waals surface area contributed by atoms with E-state index < -0.39 is 5.76 Å².